The average molecular weight is 491 g/mol. The highest BCUT2D eigenvalue weighted by molar-refractivity contribution is 5.83. The normalized spacial score (nSPS) is 23.4. The predicted octanol–water partition coefficient (Wildman–Crippen LogP) is 4.86. The highest BCUT2D eigenvalue weighted by atomic mass is 16.6. The van der Waals surface area contributed by atoms with Crippen molar-refractivity contribution in [3.63, 3.8) is 0 Å². The van der Waals surface area contributed by atoms with Crippen molar-refractivity contribution in [1.29, 1.82) is 0 Å². The molecule has 1 unspecified atom stereocenters. The summed E-state index contributed by atoms with van der Waals surface area (Å²) in [5.74, 6) is 0.932. The van der Waals surface area contributed by atoms with E-state index in [2.05, 4.69) is 50.8 Å². The molecule has 0 radical (unpaired) electrons. The van der Waals surface area contributed by atoms with Gasteiger partial charge in [-0.2, -0.15) is 0 Å². The first-order valence-electron chi connectivity index (χ1n) is 13.0. The maximum Gasteiger partial charge on any atom is 0.415 e. The third kappa shape index (κ3) is 4.97. The van der Waals surface area contributed by atoms with E-state index in [-0.39, 0.29) is 18.3 Å². The molecule has 1 fully saturated rings. The zero-order chi connectivity index (χ0) is 25.4. The Bertz CT molecular complexity index is 1170. The first-order chi connectivity index (χ1) is 17.2. The number of allylic oxidation sites excluding steroid dienone is 1. The van der Waals surface area contributed by atoms with Gasteiger partial charge < -0.3 is 14.2 Å². The lowest BCUT2D eigenvalue weighted by atomic mass is 9.96. The Morgan fingerprint density at radius 1 is 1.17 bits per heavy atom. The molecule has 5 rings (SSSR count). The van der Waals surface area contributed by atoms with Gasteiger partial charge in [-0.05, 0) is 65.3 Å². The van der Waals surface area contributed by atoms with Crippen LogP contribution in [0.2, 0.25) is 0 Å². The number of aryl methyl sites for hydroxylation is 1. The number of aromatic nitrogens is 3. The number of fused-ring (bicyclic) bond motifs is 1. The SMILES string of the molecule is Cc1cccnc1[C@H]1CCC=C(c2cn3c(n2)C=CCC3N2CCN(C)CC2)N1C(=O)OC(C)(C)C. The van der Waals surface area contributed by atoms with Crippen LogP contribution >= 0.6 is 0 Å². The van der Waals surface area contributed by atoms with Crippen LogP contribution in [0.4, 0.5) is 4.79 Å². The largest absolute Gasteiger partial charge is 0.443 e. The van der Waals surface area contributed by atoms with Crippen LogP contribution in [0.5, 0.6) is 0 Å². The average Bonchev–Trinajstić information content (AvgIpc) is 3.28. The number of likely N-dealkylation sites (N-methyl/N-ethyl adjacent to an activating group) is 1. The number of ether oxygens (including phenoxy) is 1. The monoisotopic (exact) mass is 490 g/mol. The zero-order valence-corrected chi connectivity index (χ0v) is 22.1. The first kappa shape index (κ1) is 24.7. The summed E-state index contributed by atoms with van der Waals surface area (Å²) in [6.45, 7) is 12.0. The van der Waals surface area contributed by atoms with Gasteiger partial charge in [0.2, 0.25) is 0 Å². The van der Waals surface area contributed by atoms with Gasteiger partial charge in [-0.25, -0.2) is 9.78 Å². The molecule has 0 aliphatic carbocycles. The van der Waals surface area contributed by atoms with Crippen molar-refractivity contribution in [2.45, 2.75) is 64.8 Å². The van der Waals surface area contributed by atoms with Crippen molar-refractivity contribution in [2.24, 2.45) is 0 Å². The van der Waals surface area contributed by atoms with Gasteiger partial charge in [-0.3, -0.25) is 14.8 Å². The molecule has 3 aliphatic heterocycles. The number of carbonyl (C=O) groups is 1. The minimum absolute atomic E-state index is 0.205. The summed E-state index contributed by atoms with van der Waals surface area (Å²) in [6, 6.07) is 3.78. The maximum atomic E-state index is 13.7. The van der Waals surface area contributed by atoms with Gasteiger partial charge in [-0.1, -0.05) is 18.2 Å². The molecule has 0 aromatic carbocycles. The van der Waals surface area contributed by atoms with Crippen LogP contribution in [-0.4, -0.2) is 74.2 Å². The number of rotatable bonds is 3. The Balaban J connectivity index is 1.51. The van der Waals surface area contributed by atoms with Gasteiger partial charge >= 0.3 is 6.09 Å². The number of carbonyl (C=O) groups excluding carboxylic acids is 1. The fourth-order valence-electron chi connectivity index (χ4n) is 5.39. The minimum atomic E-state index is -0.605. The van der Waals surface area contributed by atoms with Crippen LogP contribution in [0.1, 0.15) is 75.0 Å². The highest BCUT2D eigenvalue weighted by Crippen LogP contribution is 2.40. The molecule has 0 N–H and O–H groups in total. The van der Waals surface area contributed by atoms with Gasteiger partial charge in [0.15, 0.2) is 0 Å². The second kappa shape index (κ2) is 9.82. The van der Waals surface area contributed by atoms with Crippen molar-refractivity contribution in [2.75, 3.05) is 33.2 Å². The molecule has 0 bridgehead atoms. The van der Waals surface area contributed by atoms with E-state index in [4.69, 9.17) is 9.72 Å². The van der Waals surface area contributed by atoms with Crippen molar-refractivity contribution in [1.82, 2.24) is 29.2 Å². The number of nitrogens with zero attached hydrogens (tertiary/aromatic N) is 6. The smallest absolute Gasteiger partial charge is 0.415 e. The molecule has 192 valence electrons. The third-order valence-electron chi connectivity index (χ3n) is 7.22. The maximum absolute atomic E-state index is 13.7. The lowest BCUT2D eigenvalue weighted by Gasteiger charge is -2.39. The molecule has 2 atom stereocenters. The van der Waals surface area contributed by atoms with Crippen LogP contribution in [0.25, 0.3) is 11.8 Å². The standard InChI is InChI=1S/C28H38N6O2/c1-20-9-8-14-29-26(20)23-11-6-10-22(34(23)27(35)36-28(2,3)4)21-19-33-24(30-21)12-7-13-25(33)32-17-15-31(5)16-18-32/h7-10,12,14,19,23,25H,6,11,13,15-18H2,1-5H3/t23-,25?/m1/s1. The molecular weight excluding hydrogens is 452 g/mol. The Hall–Kier alpha value is -2.97. The van der Waals surface area contributed by atoms with Crippen LogP contribution < -0.4 is 0 Å². The van der Waals surface area contributed by atoms with Gasteiger partial charge in [0.1, 0.15) is 17.1 Å². The van der Waals surface area contributed by atoms with Crippen molar-refractivity contribution in [3.8, 4) is 0 Å². The molecule has 2 aromatic heterocycles. The molecular formula is C28H38N6O2. The Kier molecular flexibility index (Phi) is 6.74. The van der Waals surface area contributed by atoms with Crippen LogP contribution in [-0.2, 0) is 4.74 Å². The molecule has 3 aliphatic rings. The number of pyridine rings is 1. The predicted molar refractivity (Wildman–Crippen MR) is 141 cm³/mol. The number of piperazine rings is 1. The summed E-state index contributed by atoms with van der Waals surface area (Å²) in [7, 11) is 2.18. The van der Waals surface area contributed by atoms with E-state index in [9.17, 15) is 4.79 Å². The second-order valence-corrected chi connectivity index (χ2v) is 11.1. The van der Waals surface area contributed by atoms with E-state index in [1.165, 1.54) is 0 Å². The first-order valence-corrected chi connectivity index (χ1v) is 13.0. The van der Waals surface area contributed by atoms with Crippen LogP contribution in [0.15, 0.2) is 36.7 Å². The van der Waals surface area contributed by atoms with Gasteiger partial charge in [-0.15, -0.1) is 0 Å². The number of amides is 1. The molecule has 8 nitrogen and oxygen atoms in total. The van der Waals surface area contributed by atoms with Crippen LogP contribution in [0, 0.1) is 6.92 Å². The lowest BCUT2D eigenvalue weighted by Crippen LogP contribution is -2.47. The van der Waals surface area contributed by atoms with Crippen molar-refractivity contribution < 1.29 is 9.53 Å². The molecule has 1 amide bonds. The summed E-state index contributed by atoms with van der Waals surface area (Å²) in [6.07, 6.45) is 12.8. The van der Waals surface area contributed by atoms with E-state index in [0.29, 0.717) is 0 Å². The molecule has 1 saturated heterocycles. The van der Waals surface area contributed by atoms with Crippen molar-refractivity contribution in [3.05, 3.63) is 59.5 Å². The van der Waals surface area contributed by atoms with E-state index < -0.39 is 5.60 Å². The van der Waals surface area contributed by atoms with Gasteiger partial charge in [0.25, 0.3) is 0 Å². The molecule has 0 spiro atoms. The summed E-state index contributed by atoms with van der Waals surface area (Å²) < 4.78 is 8.19. The zero-order valence-electron chi connectivity index (χ0n) is 22.1. The molecule has 5 heterocycles. The Morgan fingerprint density at radius 3 is 2.67 bits per heavy atom. The van der Waals surface area contributed by atoms with E-state index in [1.54, 1.807) is 11.1 Å². The Labute approximate surface area is 214 Å². The number of imidazole rings is 1. The number of hydrogen-bond donors (Lipinski definition) is 0. The van der Waals surface area contributed by atoms with Gasteiger partial charge in [0, 0.05) is 45.0 Å². The number of hydrogen-bond acceptors (Lipinski definition) is 6. The quantitative estimate of drug-likeness (QED) is 0.612. The van der Waals surface area contributed by atoms with E-state index in [0.717, 1.165) is 73.9 Å². The van der Waals surface area contributed by atoms with E-state index >= 15 is 0 Å². The highest BCUT2D eigenvalue weighted by Gasteiger charge is 2.37. The molecule has 8 heteroatoms. The van der Waals surface area contributed by atoms with Gasteiger partial charge in [0.05, 0.1) is 23.6 Å². The summed E-state index contributed by atoms with van der Waals surface area (Å²) in [5.41, 5.74) is 2.98. The third-order valence-corrected chi connectivity index (χ3v) is 7.22. The van der Waals surface area contributed by atoms with E-state index in [1.807, 2.05) is 39.8 Å². The molecule has 0 saturated carbocycles. The topological polar surface area (TPSA) is 66.7 Å². The lowest BCUT2D eigenvalue weighted by molar-refractivity contribution is 0.0270. The summed E-state index contributed by atoms with van der Waals surface area (Å²) in [5, 5.41) is 0. The fraction of sp³-hybridized carbons (Fsp3) is 0.536. The Morgan fingerprint density at radius 2 is 1.94 bits per heavy atom. The summed E-state index contributed by atoms with van der Waals surface area (Å²) >= 11 is 0. The van der Waals surface area contributed by atoms with Crippen molar-refractivity contribution >= 4 is 17.9 Å². The molecule has 36 heavy (non-hydrogen) atoms. The summed E-state index contributed by atoms with van der Waals surface area (Å²) in [4.78, 5) is 30.0. The fourth-order valence-corrected chi connectivity index (χ4v) is 5.39. The molecule has 2 aromatic rings. The van der Waals surface area contributed by atoms with Crippen LogP contribution in [0.3, 0.4) is 0 Å². The second-order valence-electron chi connectivity index (χ2n) is 11.1. The minimum Gasteiger partial charge on any atom is -0.443 e.